The van der Waals surface area contributed by atoms with Gasteiger partial charge < -0.3 is 4.74 Å². The normalized spacial score (nSPS) is 40.1. The van der Waals surface area contributed by atoms with Gasteiger partial charge in [-0.2, -0.15) is 0 Å². The van der Waals surface area contributed by atoms with E-state index in [1.165, 1.54) is 37.8 Å². The first-order chi connectivity index (χ1) is 14.0. The van der Waals surface area contributed by atoms with E-state index in [1.54, 1.807) is 5.57 Å². The van der Waals surface area contributed by atoms with Crippen LogP contribution in [0.5, 0.6) is 5.88 Å². The Bertz CT molecular complexity index is 922. The SMILES string of the molecule is CC(C)(C1=CC2C3C(C=CC4c5cccnc5OC43)C[N+]2(C)C=C1)C1CCCC1. The summed E-state index contributed by atoms with van der Waals surface area (Å²) in [5, 5.41) is 0. The zero-order chi connectivity index (χ0) is 19.8. The lowest BCUT2D eigenvalue weighted by atomic mass is 9.69. The number of fused-ring (bicyclic) bond motifs is 7. The van der Waals surface area contributed by atoms with Crippen molar-refractivity contribution in [2.24, 2.45) is 23.2 Å². The highest BCUT2D eigenvalue weighted by Gasteiger charge is 2.59. The molecule has 0 aromatic carbocycles. The maximum absolute atomic E-state index is 6.51. The van der Waals surface area contributed by atoms with E-state index in [0.29, 0.717) is 23.8 Å². The molecule has 152 valence electrons. The number of likely N-dealkylation sites (N-methyl/N-ethyl adjacent to an activating group) is 1. The molecule has 5 aliphatic rings. The van der Waals surface area contributed by atoms with E-state index in [1.807, 2.05) is 12.3 Å². The lowest BCUT2D eigenvalue weighted by molar-refractivity contribution is -0.868. The first-order valence-corrected chi connectivity index (χ1v) is 11.5. The summed E-state index contributed by atoms with van der Waals surface area (Å²) >= 11 is 0. The second-order valence-electron chi connectivity index (χ2n) is 10.8. The van der Waals surface area contributed by atoms with Crippen molar-refractivity contribution in [3.8, 4) is 5.88 Å². The van der Waals surface area contributed by atoms with Gasteiger partial charge in [-0.15, -0.1) is 0 Å². The van der Waals surface area contributed by atoms with Crippen molar-refractivity contribution >= 4 is 0 Å². The molecule has 6 rings (SSSR count). The predicted molar refractivity (Wildman–Crippen MR) is 115 cm³/mol. The molecule has 3 aliphatic heterocycles. The van der Waals surface area contributed by atoms with Crippen LogP contribution in [0.2, 0.25) is 0 Å². The van der Waals surface area contributed by atoms with E-state index in [0.717, 1.165) is 16.3 Å². The van der Waals surface area contributed by atoms with Crippen molar-refractivity contribution in [2.75, 3.05) is 13.6 Å². The topological polar surface area (TPSA) is 22.1 Å². The van der Waals surface area contributed by atoms with E-state index < -0.39 is 0 Å². The molecule has 0 N–H and O–H groups in total. The molecule has 1 aromatic rings. The summed E-state index contributed by atoms with van der Waals surface area (Å²) in [6.07, 6.45) is 20.2. The number of pyridine rings is 1. The van der Waals surface area contributed by atoms with Crippen molar-refractivity contribution in [3.05, 3.63) is 60.0 Å². The fourth-order valence-electron chi connectivity index (χ4n) is 7.14. The van der Waals surface area contributed by atoms with E-state index in [-0.39, 0.29) is 11.5 Å². The van der Waals surface area contributed by atoms with Crippen LogP contribution in [0.25, 0.3) is 0 Å². The third-order valence-electron chi connectivity index (χ3n) is 8.95. The molecule has 0 amide bonds. The van der Waals surface area contributed by atoms with Gasteiger partial charge in [0.15, 0.2) is 0 Å². The van der Waals surface area contributed by atoms with Crippen LogP contribution in [-0.4, -0.2) is 35.2 Å². The molecular weight excluding hydrogens is 356 g/mol. The molecule has 2 aliphatic carbocycles. The van der Waals surface area contributed by atoms with E-state index in [4.69, 9.17) is 4.74 Å². The number of nitrogens with zero attached hydrogens (tertiary/aromatic N) is 2. The largest absolute Gasteiger partial charge is 0.473 e. The van der Waals surface area contributed by atoms with Gasteiger partial charge in [-0.25, -0.2) is 4.98 Å². The zero-order valence-electron chi connectivity index (χ0n) is 17.9. The number of hydrogen-bond donors (Lipinski definition) is 0. The van der Waals surface area contributed by atoms with Crippen molar-refractivity contribution in [1.82, 2.24) is 4.98 Å². The average molecular weight is 390 g/mol. The lowest BCUT2D eigenvalue weighted by Gasteiger charge is -2.41. The van der Waals surface area contributed by atoms with Crippen LogP contribution >= 0.6 is 0 Å². The van der Waals surface area contributed by atoms with Crippen LogP contribution in [0.3, 0.4) is 0 Å². The van der Waals surface area contributed by atoms with Crippen LogP contribution in [0.15, 0.2) is 54.4 Å². The molecule has 0 bridgehead atoms. The standard InChI is InChI=1S/C26H33N2O/c1-26(2,18-7-4-5-8-18)19-12-14-28(3)16-17-10-11-20-21-9-6-13-27-25(21)29-24(20)23(17)22(28)15-19/h6,9-15,17-18,20,22-24H,4-5,7-8,16H2,1-3H3/q+1. The molecule has 0 radical (unpaired) electrons. The first-order valence-electron chi connectivity index (χ1n) is 11.5. The molecule has 29 heavy (non-hydrogen) atoms. The van der Waals surface area contributed by atoms with Crippen molar-refractivity contribution in [3.63, 3.8) is 0 Å². The number of hydrogen-bond acceptors (Lipinski definition) is 2. The molecule has 3 heteroatoms. The van der Waals surface area contributed by atoms with Gasteiger partial charge in [0.25, 0.3) is 0 Å². The summed E-state index contributed by atoms with van der Waals surface area (Å²) in [5.74, 6) is 3.13. The average Bonchev–Trinajstić information content (AvgIpc) is 3.42. The summed E-state index contributed by atoms with van der Waals surface area (Å²) in [5.41, 5.74) is 3.10. The number of ether oxygens (including phenoxy) is 1. The molecule has 3 nitrogen and oxygen atoms in total. The third-order valence-corrected chi connectivity index (χ3v) is 8.95. The Morgan fingerprint density at radius 1 is 1.17 bits per heavy atom. The summed E-state index contributed by atoms with van der Waals surface area (Å²) in [7, 11) is 2.42. The maximum atomic E-state index is 6.51. The number of aromatic nitrogens is 1. The van der Waals surface area contributed by atoms with Gasteiger partial charge in [0, 0.05) is 23.6 Å². The molecule has 2 fully saturated rings. The Morgan fingerprint density at radius 3 is 2.83 bits per heavy atom. The molecule has 1 saturated heterocycles. The van der Waals surface area contributed by atoms with Gasteiger partial charge >= 0.3 is 0 Å². The Balaban J connectivity index is 1.37. The Kier molecular flexibility index (Phi) is 3.76. The van der Waals surface area contributed by atoms with E-state index in [2.05, 4.69) is 62.4 Å². The van der Waals surface area contributed by atoms with Crippen LogP contribution in [0.1, 0.15) is 51.0 Å². The van der Waals surface area contributed by atoms with Crippen LogP contribution < -0.4 is 4.74 Å². The second-order valence-corrected chi connectivity index (χ2v) is 10.8. The van der Waals surface area contributed by atoms with Crippen molar-refractivity contribution < 1.29 is 9.22 Å². The first kappa shape index (κ1) is 17.9. The lowest BCUT2D eigenvalue weighted by Crippen LogP contribution is -2.49. The Morgan fingerprint density at radius 2 is 2.00 bits per heavy atom. The summed E-state index contributed by atoms with van der Waals surface area (Å²) < 4.78 is 7.53. The molecular formula is C26H33N2O+. The minimum atomic E-state index is 0.221. The van der Waals surface area contributed by atoms with Gasteiger partial charge in [-0.3, -0.25) is 4.48 Å². The highest BCUT2D eigenvalue weighted by Crippen LogP contribution is 2.54. The van der Waals surface area contributed by atoms with E-state index >= 15 is 0 Å². The molecule has 6 unspecified atom stereocenters. The molecule has 6 atom stereocenters. The highest BCUT2D eigenvalue weighted by molar-refractivity contribution is 5.42. The quantitative estimate of drug-likeness (QED) is 0.510. The van der Waals surface area contributed by atoms with Gasteiger partial charge in [0.05, 0.1) is 25.7 Å². The van der Waals surface area contributed by atoms with Gasteiger partial charge in [0.2, 0.25) is 5.88 Å². The van der Waals surface area contributed by atoms with Gasteiger partial charge in [-0.05, 0) is 48.0 Å². The fraction of sp³-hybridized carbons (Fsp3) is 0.577. The molecule has 0 spiro atoms. The number of allylic oxidation sites excluding steroid dienone is 2. The fourth-order valence-corrected chi connectivity index (χ4v) is 7.14. The minimum absolute atomic E-state index is 0.221. The van der Waals surface area contributed by atoms with E-state index in [9.17, 15) is 0 Å². The van der Waals surface area contributed by atoms with Crippen LogP contribution in [0, 0.1) is 23.2 Å². The maximum Gasteiger partial charge on any atom is 0.217 e. The third kappa shape index (κ3) is 2.49. The minimum Gasteiger partial charge on any atom is -0.473 e. The second kappa shape index (κ2) is 6.07. The van der Waals surface area contributed by atoms with Crippen LogP contribution in [-0.2, 0) is 0 Å². The highest BCUT2D eigenvalue weighted by atomic mass is 16.5. The number of rotatable bonds is 2. The predicted octanol–water partition coefficient (Wildman–Crippen LogP) is 5.23. The van der Waals surface area contributed by atoms with Gasteiger partial charge in [0.1, 0.15) is 12.1 Å². The van der Waals surface area contributed by atoms with Crippen LogP contribution in [0.4, 0.5) is 0 Å². The van der Waals surface area contributed by atoms with Crippen molar-refractivity contribution in [2.45, 2.75) is 57.6 Å². The Hall–Kier alpha value is -1.87. The molecule has 1 aromatic heterocycles. The van der Waals surface area contributed by atoms with Gasteiger partial charge in [-0.1, -0.05) is 44.9 Å². The monoisotopic (exact) mass is 389 g/mol. The zero-order valence-corrected chi connectivity index (χ0v) is 17.9. The molecule has 4 heterocycles. The van der Waals surface area contributed by atoms with Crippen molar-refractivity contribution in [1.29, 1.82) is 0 Å². The summed E-state index contributed by atoms with van der Waals surface area (Å²) in [4.78, 5) is 4.53. The summed E-state index contributed by atoms with van der Waals surface area (Å²) in [6, 6.07) is 4.74. The molecule has 1 saturated carbocycles. The summed E-state index contributed by atoms with van der Waals surface area (Å²) in [6.45, 7) is 6.14. The number of quaternary nitrogens is 1. The Labute approximate surface area is 174 Å². The smallest absolute Gasteiger partial charge is 0.217 e.